The normalized spacial score (nSPS) is 17.0. The minimum Gasteiger partial charge on any atom is -0.360 e. The summed E-state index contributed by atoms with van der Waals surface area (Å²) in [6.45, 7) is 0. The minimum atomic E-state index is -3.20. The fourth-order valence-electron chi connectivity index (χ4n) is 1.51. The molecule has 0 amide bonds. The smallest absolute Gasteiger partial charge is 0.251 e. The van der Waals surface area contributed by atoms with Gasteiger partial charge in [0, 0.05) is 0 Å². The van der Waals surface area contributed by atoms with Crippen molar-refractivity contribution in [1.82, 2.24) is 0 Å². The van der Waals surface area contributed by atoms with Gasteiger partial charge in [0.15, 0.2) is 22.2 Å². The van der Waals surface area contributed by atoms with Crippen molar-refractivity contribution in [2.75, 3.05) is 0 Å². The Morgan fingerprint density at radius 1 is 0.310 bits per heavy atom. The monoisotopic (exact) mass is 789 g/mol. The Morgan fingerprint density at radius 3 is 0.724 bits per heavy atom. The van der Waals surface area contributed by atoms with Crippen LogP contribution in [0, 0.1) is 0 Å². The van der Waals surface area contributed by atoms with Crippen LogP contribution in [0.4, 0.5) is 0 Å². The fourth-order valence-corrected chi connectivity index (χ4v) is 8.35. The Balaban J connectivity index is 7.04. The van der Waals surface area contributed by atoms with Crippen molar-refractivity contribution < 1.29 is 5.11 Å². The maximum absolute atomic E-state index is 9.81. The maximum Gasteiger partial charge on any atom is 0.251 e. The van der Waals surface area contributed by atoms with Gasteiger partial charge in [-0.25, -0.2) is 0 Å². The van der Waals surface area contributed by atoms with Gasteiger partial charge < -0.3 is 5.11 Å². The van der Waals surface area contributed by atoms with E-state index >= 15 is 0 Å². The van der Waals surface area contributed by atoms with Gasteiger partial charge in [0.05, 0.1) is 0 Å². The summed E-state index contributed by atoms with van der Waals surface area (Å²) in [7, 11) is 0. The van der Waals surface area contributed by atoms with Crippen molar-refractivity contribution in [3.63, 3.8) is 0 Å². The molecular weight excluding hydrogens is 798 g/mol. The van der Waals surface area contributed by atoms with E-state index in [-0.39, 0.29) is 0 Å². The molecule has 0 aromatic rings. The SMILES string of the molecule is OC(Cl)(Cl)C(Cl)(Cl)C(Cl)(Cl)C(Cl)(Cl)C(Cl)(Cl)C(Cl)(Cl)C(Cl)(C(Cl)(Cl)Cl)C(Cl)(Cl)Cl. The zero-order valence-electron chi connectivity index (χ0n) is 12.1. The molecule has 20 heteroatoms. The Labute approximate surface area is 260 Å². The largest absolute Gasteiger partial charge is 0.360 e. The van der Waals surface area contributed by atoms with Crippen LogP contribution in [-0.4, -0.2) is 43.8 Å². The van der Waals surface area contributed by atoms with E-state index in [9.17, 15) is 5.11 Å². The van der Waals surface area contributed by atoms with Gasteiger partial charge in [0.2, 0.25) is 11.9 Å². The summed E-state index contributed by atoms with van der Waals surface area (Å²) >= 11 is 113. The van der Waals surface area contributed by atoms with Gasteiger partial charge in [0.1, 0.15) is 0 Å². The average molecular weight is 799 g/mol. The summed E-state index contributed by atoms with van der Waals surface area (Å²) in [5.74, 6) is 0. The van der Waals surface area contributed by atoms with Crippen LogP contribution in [0.1, 0.15) is 0 Å². The van der Waals surface area contributed by atoms with E-state index < -0.39 is 38.6 Å². The van der Waals surface area contributed by atoms with Gasteiger partial charge in [-0.3, -0.25) is 0 Å². The summed E-state index contributed by atoms with van der Waals surface area (Å²) in [5, 5.41) is 9.81. The molecule has 0 spiro atoms. The lowest BCUT2D eigenvalue weighted by atomic mass is 9.97. The molecule has 0 atom stereocenters. The van der Waals surface area contributed by atoms with Crippen molar-refractivity contribution >= 4 is 220 Å². The molecule has 0 aliphatic rings. The highest BCUT2D eigenvalue weighted by Crippen LogP contribution is 2.74. The molecule has 0 rings (SSSR count). The number of hydrogen-bond acceptors (Lipinski definition) is 1. The molecule has 0 saturated heterocycles. The van der Waals surface area contributed by atoms with Crippen molar-refractivity contribution in [1.29, 1.82) is 0 Å². The highest BCUT2D eigenvalue weighted by atomic mass is 35.6. The Bertz CT molecular complexity index is 589. The Morgan fingerprint density at radius 2 is 0.517 bits per heavy atom. The van der Waals surface area contributed by atoms with Gasteiger partial charge in [-0.1, -0.05) is 209 Å². The van der Waals surface area contributed by atoms with E-state index in [2.05, 4.69) is 0 Å². The molecule has 29 heavy (non-hydrogen) atoms. The Kier molecular flexibility index (Phi) is 11.9. The van der Waals surface area contributed by atoms with Crippen LogP contribution in [-0.2, 0) is 0 Å². The lowest BCUT2D eigenvalue weighted by Gasteiger charge is -2.56. The average Bonchev–Trinajstić information content (AvgIpc) is 2.41. The quantitative estimate of drug-likeness (QED) is 0.266. The minimum absolute atomic E-state index is 2.83. The number of hydrogen-bond donors (Lipinski definition) is 1. The molecule has 176 valence electrons. The van der Waals surface area contributed by atoms with Crippen LogP contribution >= 0.6 is 220 Å². The van der Waals surface area contributed by atoms with Crippen LogP contribution in [0.5, 0.6) is 0 Å². The summed E-state index contributed by atoms with van der Waals surface area (Å²) in [4.78, 5) is -3.03. The molecule has 0 aromatic carbocycles. The van der Waals surface area contributed by atoms with E-state index in [0.717, 1.165) is 0 Å². The molecule has 0 aliphatic heterocycles. The first-order valence-corrected chi connectivity index (χ1v) is 13.0. The van der Waals surface area contributed by atoms with Crippen LogP contribution in [0.3, 0.4) is 0 Å². The molecule has 0 heterocycles. The standard InChI is InChI=1S/C9HCl19O/c10-1(7(21,22)23,8(24,25)26)2(11,12)3(13,14)4(15,16)5(17,18)6(19,20)9(27,28)29/h29H. The molecule has 0 fully saturated rings. The highest BCUT2D eigenvalue weighted by molar-refractivity contribution is 6.83. The summed E-state index contributed by atoms with van der Waals surface area (Å²) in [6, 6.07) is 0. The van der Waals surface area contributed by atoms with Crippen LogP contribution in [0.25, 0.3) is 0 Å². The Hall–Kier alpha value is 5.47. The fraction of sp³-hybridized carbons (Fsp3) is 1.00. The van der Waals surface area contributed by atoms with Crippen molar-refractivity contribution in [2.45, 2.75) is 38.6 Å². The highest BCUT2D eigenvalue weighted by Gasteiger charge is 2.84. The third-order valence-electron chi connectivity index (χ3n) is 3.17. The zero-order valence-corrected chi connectivity index (χ0v) is 26.5. The van der Waals surface area contributed by atoms with Gasteiger partial charge in [0.25, 0.3) is 4.52 Å². The summed E-state index contributed by atoms with van der Waals surface area (Å²) in [5.41, 5.74) is 0. The molecular formula is C9HCl19O. The van der Waals surface area contributed by atoms with E-state index in [1.54, 1.807) is 0 Å². The molecule has 1 nitrogen and oxygen atoms in total. The second kappa shape index (κ2) is 9.98. The predicted molar refractivity (Wildman–Crippen MR) is 138 cm³/mol. The van der Waals surface area contributed by atoms with Crippen LogP contribution in [0.2, 0.25) is 0 Å². The van der Waals surface area contributed by atoms with Crippen molar-refractivity contribution in [3.8, 4) is 0 Å². The predicted octanol–water partition coefficient (Wildman–Crippen LogP) is 10.7. The van der Waals surface area contributed by atoms with Gasteiger partial charge in [-0.2, -0.15) is 0 Å². The maximum atomic E-state index is 9.81. The molecule has 0 aromatic heterocycles. The second-order valence-corrected chi connectivity index (χ2v) is 18.1. The van der Waals surface area contributed by atoms with Crippen molar-refractivity contribution in [2.24, 2.45) is 0 Å². The van der Waals surface area contributed by atoms with E-state index in [1.165, 1.54) is 0 Å². The first-order chi connectivity index (χ1) is 12.0. The number of alkyl halides is 19. The third kappa shape index (κ3) is 5.52. The van der Waals surface area contributed by atoms with Gasteiger partial charge in [-0.15, -0.1) is 11.6 Å². The van der Waals surface area contributed by atoms with E-state index in [0.29, 0.717) is 0 Å². The molecule has 0 radical (unpaired) electrons. The molecule has 0 aliphatic carbocycles. The molecule has 0 unspecified atom stereocenters. The second-order valence-electron chi connectivity index (χ2n) is 5.07. The number of aliphatic hydroxyl groups is 1. The zero-order chi connectivity index (χ0) is 24.5. The lowest BCUT2D eigenvalue weighted by molar-refractivity contribution is 0.181. The third-order valence-corrected chi connectivity index (χ3v) is 14.6. The van der Waals surface area contributed by atoms with Gasteiger partial charge in [-0.05, 0) is 0 Å². The van der Waals surface area contributed by atoms with Crippen molar-refractivity contribution in [3.05, 3.63) is 0 Å². The van der Waals surface area contributed by atoms with Crippen LogP contribution in [0.15, 0.2) is 0 Å². The molecule has 0 saturated carbocycles. The lowest BCUT2D eigenvalue weighted by Crippen LogP contribution is -2.73. The first-order valence-electron chi connectivity index (χ1n) is 5.81. The first kappa shape index (κ1) is 34.5. The van der Waals surface area contributed by atoms with E-state index in [1.807, 2.05) is 0 Å². The van der Waals surface area contributed by atoms with E-state index in [4.69, 9.17) is 220 Å². The van der Waals surface area contributed by atoms with Crippen LogP contribution < -0.4 is 0 Å². The number of halogens is 19. The van der Waals surface area contributed by atoms with Gasteiger partial charge >= 0.3 is 0 Å². The molecule has 1 N–H and O–H groups in total. The summed E-state index contributed by atoms with van der Waals surface area (Å²) in [6.07, 6.45) is 0. The summed E-state index contributed by atoms with van der Waals surface area (Å²) < 4.78 is -24.5. The molecule has 0 bridgehead atoms. The topological polar surface area (TPSA) is 20.2 Å². The number of rotatable bonds is 6.